The van der Waals surface area contributed by atoms with E-state index < -0.39 is 23.4 Å². The van der Waals surface area contributed by atoms with E-state index in [9.17, 15) is 9.59 Å². The second-order valence-corrected chi connectivity index (χ2v) is 12.3. The second kappa shape index (κ2) is 11.1. The van der Waals surface area contributed by atoms with Gasteiger partial charge in [-0.25, -0.2) is 0 Å². The number of nitrogens with one attached hydrogen (secondary N) is 1. The Morgan fingerprint density at radius 3 is 2.25 bits per heavy atom. The zero-order chi connectivity index (χ0) is 30.4. The summed E-state index contributed by atoms with van der Waals surface area (Å²) < 4.78 is 0. The lowest BCUT2D eigenvalue weighted by Gasteiger charge is -2.39. The Bertz CT molecular complexity index is 1790. The predicted octanol–water partition coefficient (Wildman–Crippen LogP) is 7.67. The summed E-state index contributed by atoms with van der Waals surface area (Å²) in [6.07, 6.45) is 6.46. The molecular weight excluding hydrogens is 544 g/mol. The van der Waals surface area contributed by atoms with E-state index in [0.29, 0.717) is 16.8 Å². The molecule has 1 saturated heterocycles. The van der Waals surface area contributed by atoms with Crippen LogP contribution in [0.1, 0.15) is 70.5 Å². The van der Waals surface area contributed by atoms with E-state index in [2.05, 4.69) is 23.2 Å². The largest absolute Gasteiger partial charge is 0.352 e. The lowest BCUT2D eigenvalue weighted by Crippen LogP contribution is -2.51. The molecule has 0 bridgehead atoms. The molecule has 0 saturated carbocycles. The molecule has 0 radical (unpaired) electrons. The number of amides is 1. The van der Waals surface area contributed by atoms with E-state index in [1.54, 1.807) is 12.1 Å². The van der Waals surface area contributed by atoms with E-state index in [1.807, 2.05) is 97.9 Å². The predicted molar refractivity (Wildman–Crippen MR) is 175 cm³/mol. The lowest BCUT2D eigenvalue weighted by molar-refractivity contribution is -0.121. The summed E-state index contributed by atoms with van der Waals surface area (Å²) in [7, 11) is 0. The number of benzene rings is 4. The first kappa shape index (κ1) is 28.0. The fraction of sp³-hybridized carbons (Fsp3) is 0.256. The van der Waals surface area contributed by atoms with Crippen LogP contribution in [-0.2, 0) is 16.6 Å². The first-order valence-corrected chi connectivity index (χ1v) is 15.7. The van der Waals surface area contributed by atoms with Crippen molar-refractivity contribution in [2.24, 2.45) is 5.92 Å². The maximum absolute atomic E-state index is 15.0. The third-order valence-electron chi connectivity index (χ3n) is 9.80. The highest BCUT2D eigenvalue weighted by molar-refractivity contribution is 6.18. The van der Waals surface area contributed by atoms with Gasteiger partial charge in [0.25, 0.3) is 0 Å². The first-order valence-electron chi connectivity index (χ1n) is 15.7. The number of para-hydroxylation sites is 2. The van der Waals surface area contributed by atoms with Crippen LogP contribution in [0.5, 0.6) is 0 Å². The molecule has 7 rings (SSSR count). The molecule has 4 aromatic rings. The van der Waals surface area contributed by atoms with Gasteiger partial charge in [-0.05, 0) is 48.6 Å². The highest BCUT2D eigenvalue weighted by Gasteiger charge is 2.70. The molecular formula is C39H36N2O3. The number of aryl methyl sites for hydroxylation is 1. The molecule has 3 aliphatic heterocycles. The molecule has 3 aliphatic rings. The number of rotatable bonds is 8. The maximum atomic E-state index is 15.0. The molecule has 4 aromatic carbocycles. The van der Waals surface area contributed by atoms with Crippen molar-refractivity contribution in [2.45, 2.75) is 57.0 Å². The summed E-state index contributed by atoms with van der Waals surface area (Å²) in [5.41, 5.74) is 5.26. The van der Waals surface area contributed by atoms with Gasteiger partial charge in [0.2, 0.25) is 5.91 Å². The Labute approximate surface area is 258 Å². The quantitative estimate of drug-likeness (QED) is 0.172. The lowest BCUT2D eigenvalue weighted by atomic mass is 9.64. The maximum Gasteiger partial charge on any atom is 0.238 e. The van der Waals surface area contributed by atoms with Crippen molar-refractivity contribution < 1.29 is 14.4 Å². The summed E-state index contributed by atoms with van der Waals surface area (Å²) in [5.74, 6) is -1.56. The van der Waals surface area contributed by atoms with Crippen molar-refractivity contribution >= 4 is 34.4 Å². The summed E-state index contributed by atoms with van der Waals surface area (Å²) in [6, 6.07) is 31.2. The number of hydrogen-bond donors (Lipinski definition) is 1. The molecule has 1 fully saturated rings. The minimum absolute atomic E-state index is 0.165. The van der Waals surface area contributed by atoms with Crippen molar-refractivity contribution in [3.05, 3.63) is 137 Å². The second-order valence-electron chi connectivity index (χ2n) is 12.3. The van der Waals surface area contributed by atoms with Gasteiger partial charge in [-0.15, -0.1) is 0 Å². The van der Waals surface area contributed by atoms with Crippen molar-refractivity contribution in [1.29, 1.82) is 0 Å². The Morgan fingerprint density at radius 2 is 1.48 bits per heavy atom. The van der Waals surface area contributed by atoms with Gasteiger partial charge in [-0.2, -0.15) is 0 Å². The number of hydrogen-bond acceptors (Lipinski definition) is 4. The molecule has 220 valence electrons. The van der Waals surface area contributed by atoms with Gasteiger partial charge in [0, 0.05) is 28.1 Å². The summed E-state index contributed by atoms with van der Waals surface area (Å²) in [6.45, 7) is 4.23. The summed E-state index contributed by atoms with van der Waals surface area (Å²) in [5, 5.41) is 3.12. The smallest absolute Gasteiger partial charge is 0.238 e. The van der Waals surface area contributed by atoms with Crippen molar-refractivity contribution in [1.82, 2.24) is 0 Å². The van der Waals surface area contributed by atoms with E-state index in [0.717, 1.165) is 48.1 Å². The normalized spacial score (nSPS) is 23.0. The molecule has 3 heterocycles. The molecule has 4 atom stereocenters. The van der Waals surface area contributed by atoms with Crippen LogP contribution in [0.4, 0.5) is 11.4 Å². The van der Waals surface area contributed by atoms with E-state index in [1.165, 1.54) is 5.56 Å². The number of ketones is 2. The van der Waals surface area contributed by atoms with Gasteiger partial charge in [0.15, 0.2) is 11.6 Å². The van der Waals surface area contributed by atoms with Crippen molar-refractivity contribution in [3.8, 4) is 0 Å². The molecule has 1 spiro atoms. The molecule has 5 nitrogen and oxygen atoms in total. The van der Waals surface area contributed by atoms with Gasteiger partial charge < -0.3 is 10.2 Å². The standard InChI is InChI=1S/C39H36N2O3/c1-3-4-6-13-26-20-22-28(23-21-26)36(42)34-35(37(43)27-14-7-5-8-15-27)41-32-19-12-9-16-29(32)25(2)24-33(41)39(34)30-17-10-11-18-31(30)40-38(39)44/h5,7-12,14-24,33-35H,3-4,6,13H2,1-2H3,(H,40,44)/t33-,34+,35-,39+/m1/s1. The van der Waals surface area contributed by atoms with Crippen molar-refractivity contribution in [2.75, 3.05) is 10.2 Å². The Morgan fingerprint density at radius 1 is 0.795 bits per heavy atom. The number of carbonyl (C=O) groups excluding carboxylic acids is 3. The molecule has 1 amide bonds. The third-order valence-corrected chi connectivity index (χ3v) is 9.80. The van der Waals surface area contributed by atoms with Crippen LogP contribution in [0, 0.1) is 5.92 Å². The first-order chi connectivity index (χ1) is 21.5. The Kier molecular flexibility index (Phi) is 7.04. The van der Waals surface area contributed by atoms with Crippen LogP contribution >= 0.6 is 0 Å². The van der Waals surface area contributed by atoms with Gasteiger partial charge in [0.05, 0.1) is 12.0 Å². The van der Waals surface area contributed by atoms with Crippen LogP contribution in [-0.4, -0.2) is 29.6 Å². The van der Waals surface area contributed by atoms with Crippen LogP contribution in [0.15, 0.2) is 109 Å². The van der Waals surface area contributed by atoms with E-state index in [-0.39, 0.29) is 17.5 Å². The van der Waals surface area contributed by atoms with Gasteiger partial charge in [-0.1, -0.05) is 117 Å². The number of Topliss-reactive ketones (excluding diaryl/α,β-unsaturated/α-hetero) is 2. The summed E-state index contributed by atoms with van der Waals surface area (Å²) >= 11 is 0. The van der Waals surface area contributed by atoms with Gasteiger partial charge in [0.1, 0.15) is 11.5 Å². The topological polar surface area (TPSA) is 66.5 Å². The number of fused-ring (bicyclic) bond motifs is 6. The SMILES string of the molecule is CCCCCc1ccc(C(=O)[C@@H]2[C@H](C(=O)c3ccccc3)N3c4ccccc4C(C)=C[C@@H]3[C@]23C(=O)Nc2ccccc23)cc1. The number of nitrogens with zero attached hydrogens (tertiary/aromatic N) is 1. The minimum atomic E-state index is -1.31. The molecule has 5 heteroatoms. The minimum Gasteiger partial charge on any atom is -0.352 e. The fourth-order valence-electron chi connectivity index (χ4n) is 7.75. The molecule has 1 N–H and O–H groups in total. The average molecular weight is 581 g/mol. The molecule has 0 aromatic heterocycles. The summed E-state index contributed by atoms with van der Waals surface area (Å²) in [4.78, 5) is 46.4. The highest BCUT2D eigenvalue weighted by Crippen LogP contribution is 2.58. The number of allylic oxidation sites excluding steroid dienone is 1. The molecule has 0 aliphatic carbocycles. The van der Waals surface area contributed by atoms with Gasteiger partial charge in [-0.3, -0.25) is 14.4 Å². The zero-order valence-corrected chi connectivity index (χ0v) is 25.1. The Balaban J connectivity index is 1.46. The number of unbranched alkanes of at least 4 members (excludes halogenated alkanes) is 2. The third kappa shape index (κ3) is 4.17. The monoisotopic (exact) mass is 580 g/mol. The fourth-order valence-corrected chi connectivity index (χ4v) is 7.75. The molecule has 44 heavy (non-hydrogen) atoms. The van der Waals surface area contributed by atoms with Gasteiger partial charge >= 0.3 is 0 Å². The van der Waals surface area contributed by atoms with E-state index in [4.69, 9.17) is 0 Å². The Hall–Kier alpha value is -4.77. The molecule has 0 unspecified atom stereocenters. The van der Waals surface area contributed by atoms with Crippen LogP contribution in [0.3, 0.4) is 0 Å². The van der Waals surface area contributed by atoms with E-state index >= 15 is 4.79 Å². The number of carbonyl (C=O) groups is 3. The van der Waals surface area contributed by atoms with Crippen LogP contribution in [0.2, 0.25) is 0 Å². The average Bonchev–Trinajstić information content (AvgIpc) is 3.53. The van der Waals surface area contributed by atoms with Crippen molar-refractivity contribution in [3.63, 3.8) is 0 Å². The van der Waals surface area contributed by atoms with Crippen LogP contribution < -0.4 is 10.2 Å². The van der Waals surface area contributed by atoms with Crippen LogP contribution in [0.25, 0.3) is 5.57 Å². The highest BCUT2D eigenvalue weighted by atomic mass is 16.2. The number of anilines is 2. The zero-order valence-electron chi connectivity index (χ0n) is 25.1.